The topological polar surface area (TPSA) is 46.9 Å². The summed E-state index contributed by atoms with van der Waals surface area (Å²) in [5.74, 6) is 0.102. The summed E-state index contributed by atoms with van der Waals surface area (Å²) in [4.78, 5) is 16.1. The van der Waals surface area contributed by atoms with Gasteiger partial charge in [-0.1, -0.05) is 31.0 Å². The average Bonchev–Trinajstić information content (AvgIpc) is 2.77. The number of amides is 1. The number of aromatic nitrogens is 2. The SMILES string of the molecule is CSc1nccn1CC(=O)NC1CCCCC1. The predicted octanol–water partition coefficient (Wildman–Crippen LogP) is 2.05. The number of nitrogens with one attached hydrogen (secondary N) is 1. The van der Waals surface area contributed by atoms with Crippen molar-refractivity contribution < 1.29 is 4.79 Å². The van der Waals surface area contributed by atoms with Gasteiger partial charge in [0.05, 0.1) is 0 Å². The lowest BCUT2D eigenvalue weighted by atomic mass is 9.95. The molecule has 1 amide bonds. The number of hydrogen-bond acceptors (Lipinski definition) is 3. The summed E-state index contributed by atoms with van der Waals surface area (Å²) in [6.07, 6.45) is 11.6. The van der Waals surface area contributed by atoms with Crippen molar-refractivity contribution in [3.05, 3.63) is 12.4 Å². The average molecular weight is 253 g/mol. The quantitative estimate of drug-likeness (QED) is 0.835. The maximum absolute atomic E-state index is 11.9. The van der Waals surface area contributed by atoms with E-state index in [4.69, 9.17) is 0 Å². The first-order valence-electron chi connectivity index (χ1n) is 6.14. The molecule has 1 N–H and O–H groups in total. The molecule has 0 unspecified atom stereocenters. The second-order valence-electron chi connectivity index (χ2n) is 4.44. The van der Waals surface area contributed by atoms with Crippen molar-refractivity contribution in [2.24, 2.45) is 0 Å². The van der Waals surface area contributed by atoms with Crippen LogP contribution in [-0.4, -0.2) is 27.8 Å². The molecule has 0 bridgehead atoms. The number of rotatable bonds is 4. The molecule has 1 fully saturated rings. The van der Waals surface area contributed by atoms with Crippen LogP contribution < -0.4 is 5.32 Å². The molecule has 0 atom stereocenters. The zero-order valence-electron chi connectivity index (χ0n) is 10.2. The monoisotopic (exact) mass is 253 g/mol. The second kappa shape index (κ2) is 6.10. The minimum Gasteiger partial charge on any atom is -0.352 e. The lowest BCUT2D eigenvalue weighted by molar-refractivity contribution is -0.122. The summed E-state index contributed by atoms with van der Waals surface area (Å²) in [6, 6.07) is 0.387. The third-order valence-electron chi connectivity index (χ3n) is 3.14. The van der Waals surface area contributed by atoms with Crippen molar-refractivity contribution >= 4 is 17.7 Å². The van der Waals surface area contributed by atoms with E-state index in [1.165, 1.54) is 19.3 Å². The fourth-order valence-corrected chi connectivity index (χ4v) is 2.81. The molecule has 0 spiro atoms. The zero-order valence-corrected chi connectivity index (χ0v) is 11.0. The summed E-state index contributed by atoms with van der Waals surface area (Å²) in [5.41, 5.74) is 0. The Kier molecular flexibility index (Phi) is 4.48. The molecular formula is C12H19N3OS. The number of hydrogen-bond donors (Lipinski definition) is 1. The Morgan fingerprint density at radius 2 is 2.29 bits per heavy atom. The van der Waals surface area contributed by atoms with E-state index in [2.05, 4.69) is 10.3 Å². The van der Waals surface area contributed by atoms with E-state index >= 15 is 0 Å². The van der Waals surface area contributed by atoms with Crippen molar-refractivity contribution in [1.29, 1.82) is 0 Å². The highest BCUT2D eigenvalue weighted by atomic mass is 32.2. The van der Waals surface area contributed by atoms with Crippen LogP contribution in [0.2, 0.25) is 0 Å². The van der Waals surface area contributed by atoms with Crippen LogP contribution in [0.1, 0.15) is 32.1 Å². The van der Waals surface area contributed by atoms with E-state index in [0.717, 1.165) is 18.0 Å². The highest BCUT2D eigenvalue weighted by Crippen LogP contribution is 2.17. The lowest BCUT2D eigenvalue weighted by Crippen LogP contribution is -2.38. The van der Waals surface area contributed by atoms with Crippen LogP contribution in [0.3, 0.4) is 0 Å². The van der Waals surface area contributed by atoms with Crippen LogP contribution in [0.25, 0.3) is 0 Å². The Bertz CT molecular complexity index is 372. The van der Waals surface area contributed by atoms with Gasteiger partial charge in [0.15, 0.2) is 5.16 Å². The van der Waals surface area contributed by atoms with Crippen molar-refractivity contribution in [3.63, 3.8) is 0 Å². The molecule has 94 valence electrons. The largest absolute Gasteiger partial charge is 0.352 e. The van der Waals surface area contributed by atoms with Gasteiger partial charge < -0.3 is 9.88 Å². The van der Waals surface area contributed by atoms with Gasteiger partial charge in [-0.15, -0.1) is 0 Å². The maximum Gasteiger partial charge on any atom is 0.240 e. The highest BCUT2D eigenvalue weighted by molar-refractivity contribution is 7.98. The first kappa shape index (κ1) is 12.5. The Morgan fingerprint density at radius 1 is 1.53 bits per heavy atom. The lowest BCUT2D eigenvalue weighted by Gasteiger charge is -2.22. The van der Waals surface area contributed by atoms with E-state index in [-0.39, 0.29) is 5.91 Å². The molecule has 0 radical (unpaired) electrons. The molecule has 0 saturated heterocycles. The molecule has 1 aromatic rings. The molecule has 1 aromatic heterocycles. The Balaban J connectivity index is 1.84. The van der Waals surface area contributed by atoms with Crippen LogP contribution >= 0.6 is 11.8 Å². The van der Waals surface area contributed by atoms with Gasteiger partial charge in [0.25, 0.3) is 0 Å². The second-order valence-corrected chi connectivity index (χ2v) is 5.22. The number of thioether (sulfide) groups is 1. The Hall–Kier alpha value is -0.970. The fourth-order valence-electron chi connectivity index (χ4n) is 2.28. The van der Waals surface area contributed by atoms with E-state index in [0.29, 0.717) is 12.6 Å². The van der Waals surface area contributed by atoms with Gasteiger partial charge in [0.1, 0.15) is 6.54 Å². The standard InChI is InChI=1S/C12H19N3OS/c1-17-12-13-7-8-15(12)9-11(16)14-10-5-3-2-4-6-10/h7-8,10H,2-6,9H2,1H3,(H,14,16). The van der Waals surface area contributed by atoms with Crippen molar-refractivity contribution in [1.82, 2.24) is 14.9 Å². The van der Waals surface area contributed by atoms with E-state index in [1.807, 2.05) is 17.0 Å². The molecule has 1 aliphatic carbocycles. The predicted molar refractivity (Wildman–Crippen MR) is 69.0 cm³/mol. The van der Waals surface area contributed by atoms with Gasteiger partial charge in [-0.3, -0.25) is 4.79 Å². The van der Waals surface area contributed by atoms with Gasteiger partial charge in [-0.2, -0.15) is 0 Å². The molecule has 2 rings (SSSR count). The molecule has 4 nitrogen and oxygen atoms in total. The maximum atomic E-state index is 11.9. The summed E-state index contributed by atoms with van der Waals surface area (Å²) in [7, 11) is 0. The van der Waals surface area contributed by atoms with Crippen LogP contribution in [0.4, 0.5) is 0 Å². The summed E-state index contributed by atoms with van der Waals surface area (Å²) in [5, 5.41) is 4.00. The first-order chi connectivity index (χ1) is 8.29. The fraction of sp³-hybridized carbons (Fsp3) is 0.667. The van der Waals surface area contributed by atoms with Gasteiger partial charge in [-0.05, 0) is 19.1 Å². The number of nitrogens with zero attached hydrogens (tertiary/aromatic N) is 2. The highest BCUT2D eigenvalue weighted by Gasteiger charge is 2.16. The third-order valence-corrected chi connectivity index (χ3v) is 3.85. The first-order valence-corrected chi connectivity index (χ1v) is 7.36. The van der Waals surface area contributed by atoms with Crippen LogP contribution in [0, 0.1) is 0 Å². The molecule has 1 heterocycles. The van der Waals surface area contributed by atoms with Gasteiger partial charge in [0.2, 0.25) is 5.91 Å². The summed E-state index contributed by atoms with van der Waals surface area (Å²) < 4.78 is 1.89. The van der Waals surface area contributed by atoms with Crippen molar-refractivity contribution in [2.45, 2.75) is 49.8 Å². The number of carbonyl (C=O) groups excluding carboxylic acids is 1. The molecule has 17 heavy (non-hydrogen) atoms. The number of imidazole rings is 1. The molecule has 0 aliphatic heterocycles. The Morgan fingerprint density at radius 3 is 3.00 bits per heavy atom. The van der Waals surface area contributed by atoms with Gasteiger partial charge in [-0.25, -0.2) is 4.98 Å². The van der Waals surface area contributed by atoms with Crippen LogP contribution in [0.15, 0.2) is 17.6 Å². The molecule has 1 aliphatic rings. The van der Waals surface area contributed by atoms with Gasteiger partial charge >= 0.3 is 0 Å². The summed E-state index contributed by atoms with van der Waals surface area (Å²) >= 11 is 1.56. The minimum atomic E-state index is 0.102. The van der Waals surface area contributed by atoms with E-state index < -0.39 is 0 Å². The van der Waals surface area contributed by atoms with Crippen molar-refractivity contribution in [3.8, 4) is 0 Å². The van der Waals surface area contributed by atoms with E-state index in [1.54, 1.807) is 18.0 Å². The van der Waals surface area contributed by atoms with Crippen molar-refractivity contribution in [2.75, 3.05) is 6.26 Å². The molecule has 0 aromatic carbocycles. The van der Waals surface area contributed by atoms with Gasteiger partial charge in [0, 0.05) is 18.4 Å². The summed E-state index contributed by atoms with van der Waals surface area (Å²) in [6.45, 7) is 0.382. The number of carbonyl (C=O) groups is 1. The van der Waals surface area contributed by atoms with Crippen LogP contribution in [0.5, 0.6) is 0 Å². The van der Waals surface area contributed by atoms with E-state index in [9.17, 15) is 4.79 Å². The minimum absolute atomic E-state index is 0.102. The molecule has 1 saturated carbocycles. The molecular weight excluding hydrogens is 234 g/mol. The zero-order chi connectivity index (χ0) is 12.1. The normalized spacial score (nSPS) is 17.0. The Labute approximate surface area is 106 Å². The van der Waals surface area contributed by atoms with Crippen LogP contribution in [-0.2, 0) is 11.3 Å². The smallest absolute Gasteiger partial charge is 0.240 e. The molecule has 5 heteroatoms. The third kappa shape index (κ3) is 3.49.